The monoisotopic (exact) mass is 502 g/mol. The molecule has 0 aliphatic heterocycles. The van der Waals surface area contributed by atoms with Crippen molar-refractivity contribution in [2.75, 3.05) is 0 Å². The van der Waals surface area contributed by atoms with Gasteiger partial charge in [0.2, 0.25) is 0 Å². The minimum Gasteiger partial charge on any atom is -0.478 e. The molecule has 0 fully saturated rings. The van der Waals surface area contributed by atoms with Crippen LogP contribution < -0.4 is 0 Å². The highest BCUT2D eigenvalue weighted by Crippen LogP contribution is 2.15. The molecule has 2 aromatic carbocycles. The van der Waals surface area contributed by atoms with Gasteiger partial charge in [-0.3, -0.25) is 0 Å². The average molecular weight is 503 g/mol. The van der Waals surface area contributed by atoms with Crippen molar-refractivity contribution in [3.05, 3.63) is 70.8 Å². The number of hydrogen-bond donors (Lipinski definition) is 4. The van der Waals surface area contributed by atoms with E-state index in [2.05, 4.69) is 13.8 Å². The van der Waals surface area contributed by atoms with Crippen molar-refractivity contribution < 1.29 is 30.0 Å². The molecule has 2 aromatic rings. The molecule has 6 heteroatoms. The van der Waals surface area contributed by atoms with Crippen molar-refractivity contribution in [3.8, 4) is 0 Å². The van der Waals surface area contributed by atoms with Crippen molar-refractivity contribution in [1.29, 1.82) is 0 Å². The summed E-state index contributed by atoms with van der Waals surface area (Å²) in [6, 6.07) is 14.2. The van der Waals surface area contributed by atoms with Crippen LogP contribution in [-0.2, 0) is 12.8 Å². The minimum atomic E-state index is -0.859. The van der Waals surface area contributed by atoms with E-state index in [4.69, 9.17) is 15.3 Å². The molecule has 0 bridgehead atoms. The smallest absolute Gasteiger partial charge is 0.335 e. The average Bonchev–Trinajstić information content (AvgIpc) is 2.87. The van der Waals surface area contributed by atoms with Gasteiger partial charge in [-0.15, -0.1) is 0 Å². The summed E-state index contributed by atoms with van der Waals surface area (Å²) < 4.78 is 0. The number of aliphatic hydroxyl groups excluding tert-OH is 2. The molecule has 0 heterocycles. The summed E-state index contributed by atoms with van der Waals surface area (Å²) >= 11 is 0. The second-order valence-electron chi connectivity index (χ2n) is 9.00. The Morgan fingerprint density at radius 1 is 0.667 bits per heavy atom. The van der Waals surface area contributed by atoms with Crippen LogP contribution in [-0.4, -0.2) is 44.6 Å². The molecule has 0 saturated carbocycles. The standard InChI is InChI=1S/2C11H14O2.C8H18O2/c2*1-2-3-4-9-5-7-10(8-6-9)11(12)13;1-4-7(6(3)9)8(10)5-2/h2*5-8H,2-4H2,1H3,(H,12,13);6-10H,4-5H2,1-3H3. The third kappa shape index (κ3) is 14.0. The fraction of sp³-hybridized carbons (Fsp3) is 0.533. The Balaban J connectivity index is 0.000000517. The summed E-state index contributed by atoms with van der Waals surface area (Å²) in [5.41, 5.74) is 3.15. The largest absolute Gasteiger partial charge is 0.478 e. The van der Waals surface area contributed by atoms with Gasteiger partial charge in [0.1, 0.15) is 0 Å². The summed E-state index contributed by atoms with van der Waals surface area (Å²) in [5.74, 6) is -1.67. The number of carbonyl (C=O) groups is 2. The van der Waals surface area contributed by atoms with Gasteiger partial charge >= 0.3 is 11.9 Å². The Labute approximate surface area is 217 Å². The van der Waals surface area contributed by atoms with Crippen LogP contribution in [0.4, 0.5) is 0 Å². The Morgan fingerprint density at radius 3 is 1.22 bits per heavy atom. The summed E-state index contributed by atoms with van der Waals surface area (Å²) in [6.07, 6.45) is 7.56. The van der Waals surface area contributed by atoms with Crippen LogP contribution in [0.25, 0.3) is 0 Å². The SMILES string of the molecule is CCC(O)C(CC)C(C)O.CCCCc1ccc(C(=O)O)cc1.CCCCc1ccc(C(=O)O)cc1. The maximum Gasteiger partial charge on any atom is 0.335 e. The van der Waals surface area contributed by atoms with Gasteiger partial charge in [-0.1, -0.05) is 64.8 Å². The summed E-state index contributed by atoms with van der Waals surface area (Å²) in [4.78, 5) is 21.1. The zero-order valence-electron chi connectivity index (χ0n) is 22.6. The second-order valence-corrected chi connectivity index (χ2v) is 9.00. The number of rotatable bonds is 12. The number of aryl methyl sites for hydroxylation is 2. The van der Waals surface area contributed by atoms with Gasteiger partial charge in [0.25, 0.3) is 0 Å². The van der Waals surface area contributed by atoms with E-state index in [1.54, 1.807) is 31.2 Å². The molecule has 3 unspecified atom stereocenters. The molecule has 3 atom stereocenters. The first-order valence-electron chi connectivity index (χ1n) is 13.1. The molecule has 6 nitrogen and oxygen atoms in total. The zero-order valence-corrected chi connectivity index (χ0v) is 22.6. The van der Waals surface area contributed by atoms with E-state index < -0.39 is 11.9 Å². The van der Waals surface area contributed by atoms with Crippen molar-refractivity contribution in [3.63, 3.8) is 0 Å². The zero-order chi connectivity index (χ0) is 27.5. The first-order chi connectivity index (χ1) is 17.1. The molecule has 36 heavy (non-hydrogen) atoms. The van der Waals surface area contributed by atoms with Crippen LogP contribution in [0.1, 0.15) is 105 Å². The van der Waals surface area contributed by atoms with E-state index in [0.717, 1.165) is 38.5 Å². The van der Waals surface area contributed by atoms with Crippen molar-refractivity contribution >= 4 is 11.9 Å². The van der Waals surface area contributed by atoms with E-state index in [1.165, 1.54) is 24.0 Å². The highest BCUT2D eigenvalue weighted by atomic mass is 16.4. The van der Waals surface area contributed by atoms with Crippen LogP contribution >= 0.6 is 0 Å². The first kappa shape index (κ1) is 33.3. The minimum absolute atomic E-state index is 0.0463. The fourth-order valence-electron chi connectivity index (χ4n) is 3.63. The third-order valence-corrected chi connectivity index (χ3v) is 6.04. The molecule has 0 aromatic heterocycles. The molecular weight excluding hydrogens is 456 g/mol. The van der Waals surface area contributed by atoms with Gasteiger partial charge in [0.15, 0.2) is 0 Å². The highest BCUT2D eigenvalue weighted by molar-refractivity contribution is 5.87. The van der Waals surface area contributed by atoms with Crippen molar-refractivity contribution in [1.82, 2.24) is 0 Å². The molecule has 4 N–H and O–H groups in total. The highest BCUT2D eigenvalue weighted by Gasteiger charge is 2.19. The van der Waals surface area contributed by atoms with Crippen molar-refractivity contribution in [2.24, 2.45) is 5.92 Å². The quantitative estimate of drug-likeness (QED) is 0.259. The predicted molar refractivity (Wildman–Crippen MR) is 146 cm³/mol. The number of aromatic carboxylic acids is 2. The van der Waals surface area contributed by atoms with E-state index >= 15 is 0 Å². The van der Waals surface area contributed by atoms with Gasteiger partial charge in [0, 0.05) is 5.92 Å². The van der Waals surface area contributed by atoms with Gasteiger partial charge in [-0.25, -0.2) is 9.59 Å². The van der Waals surface area contributed by atoms with Gasteiger partial charge in [0.05, 0.1) is 23.3 Å². The lowest BCUT2D eigenvalue weighted by Gasteiger charge is -2.22. The normalized spacial score (nSPS) is 12.8. The van der Waals surface area contributed by atoms with Crippen LogP contribution in [0, 0.1) is 5.92 Å². The van der Waals surface area contributed by atoms with Gasteiger partial charge in [-0.2, -0.15) is 0 Å². The lowest BCUT2D eigenvalue weighted by atomic mass is 9.93. The summed E-state index contributed by atoms with van der Waals surface area (Å²) in [7, 11) is 0. The number of benzene rings is 2. The lowest BCUT2D eigenvalue weighted by molar-refractivity contribution is 0.0180. The molecule has 0 spiro atoms. The molecule has 0 saturated heterocycles. The van der Waals surface area contributed by atoms with E-state index in [-0.39, 0.29) is 18.1 Å². The maximum atomic E-state index is 10.5. The van der Waals surface area contributed by atoms with Crippen LogP contribution in [0.15, 0.2) is 48.5 Å². The molecule has 202 valence electrons. The van der Waals surface area contributed by atoms with Crippen LogP contribution in [0.2, 0.25) is 0 Å². The Morgan fingerprint density at radius 2 is 1.03 bits per heavy atom. The summed E-state index contributed by atoms with van der Waals surface area (Å²) in [5, 5.41) is 35.8. The number of carboxylic acid groups (broad SMARTS) is 2. The molecule has 2 rings (SSSR count). The molecule has 0 amide bonds. The lowest BCUT2D eigenvalue weighted by Crippen LogP contribution is -2.28. The number of unbranched alkanes of at least 4 members (excludes halogenated alkanes) is 2. The number of hydrogen-bond acceptors (Lipinski definition) is 4. The Bertz CT molecular complexity index is 781. The van der Waals surface area contributed by atoms with E-state index in [0.29, 0.717) is 11.1 Å². The molecule has 0 aliphatic rings. The molecule has 0 radical (unpaired) electrons. The first-order valence-corrected chi connectivity index (χ1v) is 13.1. The molecular formula is C30H46O6. The van der Waals surface area contributed by atoms with Crippen LogP contribution in [0.3, 0.4) is 0 Å². The van der Waals surface area contributed by atoms with Crippen LogP contribution in [0.5, 0.6) is 0 Å². The van der Waals surface area contributed by atoms with E-state index in [9.17, 15) is 14.7 Å². The number of aliphatic hydroxyl groups is 2. The van der Waals surface area contributed by atoms with Gasteiger partial charge < -0.3 is 20.4 Å². The van der Waals surface area contributed by atoms with E-state index in [1.807, 2.05) is 38.1 Å². The van der Waals surface area contributed by atoms with Crippen molar-refractivity contribution in [2.45, 2.75) is 98.2 Å². The Hall–Kier alpha value is -2.70. The fourth-order valence-corrected chi connectivity index (χ4v) is 3.63. The number of carboxylic acids is 2. The Kier molecular flexibility index (Phi) is 18.0. The second kappa shape index (κ2) is 19.5. The summed E-state index contributed by atoms with van der Waals surface area (Å²) in [6.45, 7) is 9.93. The molecule has 0 aliphatic carbocycles. The maximum absolute atomic E-state index is 10.5. The van der Waals surface area contributed by atoms with Gasteiger partial charge in [-0.05, 0) is 80.8 Å². The topological polar surface area (TPSA) is 115 Å². The predicted octanol–water partition coefficient (Wildman–Crippen LogP) is 6.62. The third-order valence-electron chi connectivity index (χ3n) is 6.04.